The molecule has 0 unspecified atom stereocenters. The first-order chi connectivity index (χ1) is 12.2. The van der Waals surface area contributed by atoms with Crippen LogP contribution in [0, 0.1) is 0 Å². The van der Waals surface area contributed by atoms with Crippen LogP contribution in [-0.2, 0) is 13.1 Å². The maximum Gasteiger partial charge on any atom is 0.104 e. The molecule has 158 valence electrons. The maximum atomic E-state index is 9.17. The number of aliphatic hydroxyl groups excluding tert-OH is 2. The second-order valence-corrected chi connectivity index (χ2v) is 8.48. The van der Waals surface area contributed by atoms with Crippen LogP contribution in [0.2, 0.25) is 0 Å². The molecule has 0 atom stereocenters. The number of likely N-dealkylation sites (N-methyl/N-ethyl adjacent to an activating group) is 2. The van der Waals surface area contributed by atoms with Gasteiger partial charge in [0.1, 0.15) is 26.2 Å². The monoisotopic (exact) mass is 428 g/mol. The Kier molecular flexibility index (Phi) is 11.3. The summed E-state index contributed by atoms with van der Waals surface area (Å²) >= 11 is 0. The minimum Gasteiger partial charge on any atom is -1.00 e. The molecule has 0 aliphatic rings. The SMILES string of the molecule is C[N+](C)(CCO)Cc1ccc(-c2ccc(C[N+](C)(C)CCO)cc2)cc1.[Cl-].[Cl-]. The summed E-state index contributed by atoms with van der Waals surface area (Å²) in [4.78, 5) is 0. The van der Waals surface area contributed by atoms with Gasteiger partial charge in [-0.2, -0.15) is 0 Å². The van der Waals surface area contributed by atoms with Crippen molar-refractivity contribution in [2.75, 3.05) is 54.5 Å². The van der Waals surface area contributed by atoms with Crippen LogP contribution in [-0.4, -0.2) is 73.7 Å². The number of rotatable bonds is 9. The van der Waals surface area contributed by atoms with Gasteiger partial charge in [-0.25, -0.2) is 0 Å². The zero-order valence-electron chi connectivity index (χ0n) is 17.4. The summed E-state index contributed by atoms with van der Waals surface area (Å²) in [6, 6.07) is 17.4. The Hall–Kier alpha value is -1.14. The van der Waals surface area contributed by atoms with E-state index in [1.807, 2.05) is 0 Å². The van der Waals surface area contributed by atoms with Gasteiger partial charge in [0.15, 0.2) is 0 Å². The third kappa shape index (κ3) is 8.48. The fourth-order valence-electron chi connectivity index (χ4n) is 3.29. The van der Waals surface area contributed by atoms with Crippen molar-refractivity contribution in [3.05, 3.63) is 59.7 Å². The molecule has 4 nitrogen and oxygen atoms in total. The van der Waals surface area contributed by atoms with E-state index in [9.17, 15) is 0 Å². The minimum absolute atomic E-state index is 0. The number of benzene rings is 2. The highest BCUT2D eigenvalue weighted by Gasteiger charge is 2.16. The van der Waals surface area contributed by atoms with Gasteiger partial charge in [-0.05, 0) is 11.1 Å². The van der Waals surface area contributed by atoms with E-state index in [-0.39, 0.29) is 38.0 Å². The molecule has 0 heterocycles. The Balaban J connectivity index is 0.00000364. The molecule has 0 aliphatic heterocycles. The molecule has 28 heavy (non-hydrogen) atoms. The van der Waals surface area contributed by atoms with Crippen molar-refractivity contribution in [3.63, 3.8) is 0 Å². The summed E-state index contributed by atoms with van der Waals surface area (Å²) in [5, 5.41) is 18.3. The van der Waals surface area contributed by atoms with Gasteiger partial charge in [-0.1, -0.05) is 48.5 Å². The van der Waals surface area contributed by atoms with Gasteiger partial charge in [0.25, 0.3) is 0 Å². The van der Waals surface area contributed by atoms with Crippen LogP contribution in [0.1, 0.15) is 11.1 Å². The predicted molar refractivity (Wildman–Crippen MR) is 107 cm³/mol. The molecule has 0 aliphatic carbocycles. The normalized spacial score (nSPS) is 11.5. The largest absolute Gasteiger partial charge is 1.00 e. The third-order valence-corrected chi connectivity index (χ3v) is 4.87. The second-order valence-electron chi connectivity index (χ2n) is 8.48. The van der Waals surface area contributed by atoms with Crippen molar-refractivity contribution in [1.29, 1.82) is 0 Å². The van der Waals surface area contributed by atoms with Crippen molar-refractivity contribution in [1.82, 2.24) is 0 Å². The average molecular weight is 429 g/mol. The van der Waals surface area contributed by atoms with Crippen molar-refractivity contribution in [2.24, 2.45) is 0 Å². The van der Waals surface area contributed by atoms with Crippen LogP contribution in [0.3, 0.4) is 0 Å². The highest BCUT2D eigenvalue weighted by molar-refractivity contribution is 5.63. The van der Waals surface area contributed by atoms with Gasteiger partial charge in [-0.3, -0.25) is 0 Å². The molecule has 2 aromatic carbocycles. The van der Waals surface area contributed by atoms with E-state index < -0.39 is 0 Å². The topological polar surface area (TPSA) is 40.5 Å². The van der Waals surface area contributed by atoms with Crippen LogP contribution in [0.5, 0.6) is 0 Å². The smallest absolute Gasteiger partial charge is 0.104 e. The fourth-order valence-corrected chi connectivity index (χ4v) is 3.29. The summed E-state index contributed by atoms with van der Waals surface area (Å²) in [7, 11) is 8.55. The van der Waals surface area contributed by atoms with E-state index in [0.29, 0.717) is 0 Å². The average Bonchev–Trinajstić information content (AvgIpc) is 2.55. The molecule has 0 aromatic heterocycles. The molecule has 2 rings (SSSR count). The zero-order chi connectivity index (χ0) is 19.2. The van der Waals surface area contributed by atoms with E-state index in [2.05, 4.69) is 76.7 Å². The number of hydrogen-bond acceptors (Lipinski definition) is 2. The Morgan fingerprint density at radius 2 is 0.857 bits per heavy atom. The first kappa shape index (κ1) is 26.9. The van der Waals surface area contributed by atoms with E-state index >= 15 is 0 Å². The Morgan fingerprint density at radius 1 is 0.571 bits per heavy atom. The number of hydrogen-bond donors (Lipinski definition) is 2. The molecule has 2 N–H and O–H groups in total. The summed E-state index contributed by atoms with van der Waals surface area (Å²) in [6.45, 7) is 3.77. The molecule has 0 fully saturated rings. The zero-order valence-corrected chi connectivity index (χ0v) is 18.9. The number of halogens is 2. The highest BCUT2D eigenvalue weighted by atomic mass is 35.5. The molecule has 6 heteroatoms. The van der Waals surface area contributed by atoms with Gasteiger partial charge < -0.3 is 44.0 Å². The van der Waals surface area contributed by atoms with Crippen molar-refractivity contribution < 1.29 is 44.0 Å². The Morgan fingerprint density at radius 3 is 1.11 bits per heavy atom. The van der Waals surface area contributed by atoms with E-state index in [1.165, 1.54) is 22.3 Å². The molecule has 0 amide bonds. The second kappa shape index (κ2) is 11.8. The number of quaternary nitrogens is 2. The van der Waals surface area contributed by atoms with Crippen LogP contribution < -0.4 is 24.8 Å². The highest BCUT2D eigenvalue weighted by Crippen LogP contribution is 2.22. The van der Waals surface area contributed by atoms with E-state index in [1.54, 1.807) is 0 Å². The lowest BCUT2D eigenvalue weighted by molar-refractivity contribution is -0.903. The van der Waals surface area contributed by atoms with Crippen LogP contribution in [0.15, 0.2) is 48.5 Å². The lowest BCUT2D eigenvalue weighted by Gasteiger charge is -2.29. The van der Waals surface area contributed by atoms with Crippen molar-refractivity contribution in [2.45, 2.75) is 13.1 Å². The molecule has 0 bridgehead atoms. The van der Waals surface area contributed by atoms with Gasteiger partial charge in [0, 0.05) is 11.1 Å². The first-order valence-electron chi connectivity index (χ1n) is 9.29. The lowest BCUT2D eigenvalue weighted by Crippen LogP contribution is -3.00. The van der Waals surface area contributed by atoms with Crippen LogP contribution in [0.4, 0.5) is 0 Å². The number of nitrogens with zero attached hydrogens (tertiary/aromatic N) is 2. The minimum atomic E-state index is 0. The third-order valence-electron chi connectivity index (χ3n) is 4.87. The summed E-state index contributed by atoms with van der Waals surface area (Å²) < 4.78 is 1.57. The van der Waals surface area contributed by atoms with Crippen LogP contribution >= 0.6 is 0 Å². The van der Waals surface area contributed by atoms with Gasteiger partial charge in [0.05, 0.1) is 41.4 Å². The Labute approximate surface area is 182 Å². The molecule has 0 saturated carbocycles. The summed E-state index contributed by atoms with van der Waals surface area (Å²) in [5.41, 5.74) is 5.01. The van der Waals surface area contributed by atoms with E-state index in [0.717, 1.165) is 35.1 Å². The molecular formula is C22H34Cl2N2O2. The molecular weight excluding hydrogens is 395 g/mol. The van der Waals surface area contributed by atoms with Gasteiger partial charge in [0.2, 0.25) is 0 Å². The summed E-state index contributed by atoms with van der Waals surface area (Å²) in [6.07, 6.45) is 0. The van der Waals surface area contributed by atoms with Crippen molar-refractivity contribution in [3.8, 4) is 11.1 Å². The number of aliphatic hydroxyl groups is 2. The fraction of sp³-hybridized carbons (Fsp3) is 0.455. The predicted octanol–water partition coefficient (Wildman–Crippen LogP) is -3.50. The van der Waals surface area contributed by atoms with Gasteiger partial charge in [-0.15, -0.1) is 0 Å². The van der Waals surface area contributed by atoms with Gasteiger partial charge >= 0.3 is 0 Å². The lowest BCUT2D eigenvalue weighted by atomic mass is 10.0. The quantitative estimate of drug-likeness (QED) is 0.407. The maximum absolute atomic E-state index is 9.17. The van der Waals surface area contributed by atoms with Crippen molar-refractivity contribution >= 4 is 0 Å². The van der Waals surface area contributed by atoms with E-state index in [4.69, 9.17) is 10.2 Å². The molecule has 0 saturated heterocycles. The standard InChI is InChI=1S/C22H34N2O2.2ClH/c1-23(2,13-15-25)17-19-5-9-21(10-6-19)22-11-7-20(8-12-22)18-24(3,4)14-16-26;;/h5-12,25-26H,13-18H2,1-4H3;2*1H/q+2;;/p-2. The molecule has 0 radical (unpaired) electrons. The summed E-state index contributed by atoms with van der Waals surface area (Å²) in [5.74, 6) is 0. The van der Waals surface area contributed by atoms with Crippen LogP contribution in [0.25, 0.3) is 11.1 Å². The molecule has 0 spiro atoms. The first-order valence-corrected chi connectivity index (χ1v) is 9.29. The Bertz CT molecular complexity index is 625. The molecule has 2 aromatic rings.